The number of likely N-dealkylation sites (N-methyl/N-ethyl adjacent to an activating group) is 1. The molecule has 2 aromatic rings. The summed E-state index contributed by atoms with van der Waals surface area (Å²) in [5.41, 5.74) is 3.28. The van der Waals surface area contributed by atoms with Crippen molar-refractivity contribution in [3.8, 4) is 0 Å². The summed E-state index contributed by atoms with van der Waals surface area (Å²) < 4.78 is 0. The van der Waals surface area contributed by atoms with E-state index in [-0.39, 0.29) is 0 Å². The molecule has 0 aliphatic heterocycles. The molecule has 3 nitrogen and oxygen atoms in total. The van der Waals surface area contributed by atoms with Crippen LogP contribution in [0.5, 0.6) is 0 Å². The SMILES string of the molecule is CNCC=Cc1ccc2nc[nH]c2c1. The molecule has 0 spiro atoms. The molecule has 0 amide bonds. The van der Waals surface area contributed by atoms with Crippen molar-refractivity contribution < 1.29 is 0 Å². The van der Waals surface area contributed by atoms with Crippen LogP contribution in [0.15, 0.2) is 30.6 Å². The Balaban J connectivity index is 2.25. The molecule has 0 saturated carbocycles. The molecule has 0 bridgehead atoms. The fraction of sp³-hybridized carbons (Fsp3) is 0.182. The first-order valence-corrected chi connectivity index (χ1v) is 4.64. The summed E-state index contributed by atoms with van der Waals surface area (Å²) in [5, 5.41) is 3.06. The third-order valence-electron chi connectivity index (χ3n) is 2.08. The minimum absolute atomic E-state index is 0.890. The largest absolute Gasteiger partial charge is 0.345 e. The summed E-state index contributed by atoms with van der Waals surface area (Å²) >= 11 is 0. The standard InChI is InChI=1S/C11H13N3/c1-12-6-2-3-9-4-5-10-11(7-9)14-8-13-10/h2-5,7-8,12H,6H2,1H3,(H,13,14). The van der Waals surface area contributed by atoms with Crippen molar-refractivity contribution in [1.82, 2.24) is 15.3 Å². The van der Waals surface area contributed by atoms with Crippen molar-refractivity contribution in [2.24, 2.45) is 0 Å². The number of nitrogens with zero attached hydrogens (tertiary/aromatic N) is 1. The average molecular weight is 187 g/mol. The molecule has 2 N–H and O–H groups in total. The number of rotatable bonds is 3. The fourth-order valence-corrected chi connectivity index (χ4v) is 1.37. The van der Waals surface area contributed by atoms with Gasteiger partial charge in [-0.1, -0.05) is 18.2 Å². The molecule has 14 heavy (non-hydrogen) atoms. The first kappa shape index (κ1) is 8.97. The van der Waals surface area contributed by atoms with E-state index in [4.69, 9.17) is 0 Å². The zero-order valence-corrected chi connectivity index (χ0v) is 8.12. The second-order valence-electron chi connectivity index (χ2n) is 3.14. The van der Waals surface area contributed by atoms with Gasteiger partial charge in [-0.15, -0.1) is 0 Å². The van der Waals surface area contributed by atoms with Crippen LogP contribution in [-0.2, 0) is 0 Å². The summed E-state index contributed by atoms with van der Waals surface area (Å²) in [4.78, 5) is 7.25. The molecule has 1 aromatic heterocycles. The van der Waals surface area contributed by atoms with E-state index in [9.17, 15) is 0 Å². The predicted octanol–water partition coefficient (Wildman–Crippen LogP) is 1.80. The number of aromatic nitrogens is 2. The number of nitrogens with one attached hydrogen (secondary N) is 2. The van der Waals surface area contributed by atoms with Gasteiger partial charge in [0.1, 0.15) is 0 Å². The summed E-state index contributed by atoms with van der Waals surface area (Å²) in [7, 11) is 1.93. The van der Waals surface area contributed by atoms with Crippen molar-refractivity contribution >= 4 is 17.1 Å². The predicted molar refractivity (Wildman–Crippen MR) is 59.1 cm³/mol. The summed E-state index contributed by atoms with van der Waals surface area (Å²) in [6, 6.07) is 6.18. The van der Waals surface area contributed by atoms with Crippen LogP contribution in [0.3, 0.4) is 0 Å². The Labute approximate surface area is 82.9 Å². The highest BCUT2D eigenvalue weighted by Gasteiger charge is 1.94. The Morgan fingerprint density at radius 2 is 2.43 bits per heavy atom. The Morgan fingerprint density at radius 3 is 3.29 bits per heavy atom. The molecule has 1 heterocycles. The molecule has 0 aliphatic rings. The van der Waals surface area contributed by atoms with Gasteiger partial charge in [-0.25, -0.2) is 4.98 Å². The lowest BCUT2D eigenvalue weighted by molar-refractivity contribution is 0.922. The Hall–Kier alpha value is -1.61. The molecule has 0 fully saturated rings. The van der Waals surface area contributed by atoms with Crippen LogP contribution in [0.2, 0.25) is 0 Å². The summed E-state index contributed by atoms with van der Waals surface area (Å²) in [6.07, 6.45) is 5.90. The third-order valence-corrected chi connectivity index (χ3v) is 2.08. The molecule has 0 unspecified atom stereocenters. The molecular formula is C11H13N3. The van der Waals surface area contributed by atoms with Crippen LogP contribution in [-0.4, -0.2) is 23.6 Å². The monoisotopic (exact) mass is 187 g/mol. The maximum absolute atomic E-state index is 4.16. The second-order valence-corrected chi connectivity index (χ2v) is 3.14. The number of H-pyrrole nitrogens is 1. The lowest BCUT2D eigenvalue weighted by Gasteiger charge is -1.93. The number of imidazole rings is 1. The van der Waals surface area contributed by atoms with Crippen LogP contribution in [0.25, 0.3) is 17.1 Å². The molecule has 72 valence electrons. The van der Waals surface area contributed by atoms with Gasteiger partial charge in [-0.3, -0.25) is 0 Å². The first-order valence-electron chi connectivity index (χ1n) is 4.64. The Bertz CT molecular complexity index is 442. The van der Waals surface area contributed by atoms with Gasteiger partial charge in [-0.2, -0.15) is 0 Å². The van der Waals surface area contributed by atoms with E-state index in [1.54, 1.807) is 6.33 Å². The fourth-order valence-electron chi connectivity index (χ4n) is 1.37. The van der Waals surface area contributed by atoms with Gasteiger partial charge in [0.05, 0.1) is 17.4 Å². The zero-order valence-electron chi connectivity index (χ0n) is 8.12. The highest BCUT2D eigenvalue weighted by atomic mass is 14.9. The Kier molecular flexibility index (Phi) is 2.60. The zero-order chi connectivity index (χ0) is 9.80. The van der Waals surface area contributed by atoms with Gasteiger partial charge in [0.2, 0.25) is 0 Å². The number of benzene rings is 1. The van der Waals surface area contributed by atoms with Crippen molar-refractivity contribution in [3.63, 3.8) is 0 Å². The van der Waals surface area contributed by atoms with Crippen molar-refractivity contribution in [3.05, 3.63) is 36.2 Å². The van der Waals surface area contributed by atoms with Gasteiger partial charge in [0.15, 0.2) is 0 Å². The molecule has 0 atom stereocenters. The summed E-state index contributed by atoms with van der Waals surface area (Å²) in [5.74, 6) is 0. The van der Waals surface area contributed by atoms with E-state index in [1.165, 1.54) is 5.56 Å². The lowest BCUT2D eigenvalue weighted by atomic mass is 10.2. The molecular weight excluding hydrogens is 174 g/mol. The normalized spacial score (nSPS) is 11.5. The van der Waals surface area contributed by atoms with Crippen molar-refractivity contribution in [1.29, 1.82) is 0 Å². The van der Waals surface area contributed by atoms with E-state index >= 15 is 0 Å². The van der Waals surface area contributed by atoms with E-state index in [2.05, 4.69) is 39.6 Å². The molecule has 3 heteroatoms. The van der Waals surface area contributed by atoms with Crippen molar-refractivity contribution in [2.45, 2.75) is 0 Å². The average Bonchev–Trinajstić information content (AvgIpc) is 2.65. The third kappa shape index (κ3) is 1.83. The van der Waals surface area contributed by atoms with E-state index in [0.29, 0.717) is 0 Å². The van der Waals surface area contributed by atoms with E-state index in [0.717, 1.165) is 17.6 Å². The van der Waals surface area contributed by atoms with Crippen LogP contribution in [0.4, 0.5) is 0 Å². The van der Waals surface area contributed by atoms with Gasteiger partial charge in [0.25, 0.3) is 0 Å². The van der Waals surface area contributed by atoms with Gasteiger partial charge >= 0.3 is 0 Å². The van der Waals surface area contributed by atoms with Crippen LogP contribution in [0.1, 0.15) is 5.56 Å². The Morgan fingerprint density at radius 1 is 1.50 bits per heavy atom. The quantitative estimate of drug-likeness (QED) is 0.769. The summed E-state index contributed by atoms with van der Waals surface area (Å²) in [6.45, 7) is 0.890. The van der Waals surface area contributed by atoms with Crippen LogP contribution < -0.4 is 5.32 Å². The lowest BCUT2D eigenvalue weighted by Crippen LogP contribution is -2.03. The smallest absolute Gasteiger partial charge is 0.0931 e. The highest BCUT2D eigenvalue weighted by molar-refractivity contribution is 5.77. The number of hydrogen-bond donors (Lipinski definition) is 2. The number of aromatic amines is 1. The van der Waals surface area contributed by atoms with E-state index < -0.39 is 0 Å². The number of fused-ring (bicyclic) bond motifs is 1. The number of hydrogen-bond acceptors (Lipinski definition) is 2. The first-order chi connectivity index (χ1) is 6.90. The maximum Gasteiger partial charge on any atom is 0.0931 e. The molecule has 0 aliphatic carbocycles. The molecule has 0 saturated heterocycles. The van der Waals surface area contributed by atoms with Gasteiger partial charge in [0, 0.05) is 6.54 Å². The van der Waals surface area contributed by atoms with E-state index in [1.807, 2.05) is 13.1 Å². The minimum atomic E-state index is 0.890. The van der Waals surface area contributed by atoms with Gasteiger partial charge in [-0.05, 0) is 24.7 Å². The molecule has 2 rings (SSSR count). The van der Waals surface area contributed by atoms with Crippen LogP contribution >= 0.6 is 0 Å². The van der Waals surface area contributed by atoms with Gasteiger partial charge < -0.3 is 10.3 Å². The second kappa shape index (κ2) is 4.07. The highest BCUT2D eigenvalue weighted by Crippen LogP contribution is 2.12. The minimum Gasteiger partial charge on any atom is -0.345 e. The molecule has 0 radical (unpaired) electrons. The maximum atomic E-state index is 4.16. The van der Waals surface area contributed by atoms with Crippen molar-refractivity contribution in [2.75, 3.05) is 13.6 Å². The van der Waals surface area contributed by atoms with Crippen LogP contribution in [0, 0.1) is 0 Å². The molecule has 1 aromatic carbocycles. The topological polar surface area (TPSA) is 40.7 Å².